The Labute approximate surface area is 169 Å². The Morgan fingerprint density at radius 1 is 1.29 bits per heavy atom. The van der Waals surface area contributed by atoms with Crippen LogP contribution in [0.1, 0.15) is 56.7 Å². The zero-order chi connectivity index (χ0) is 20.7. The Hall–Kier alpha value is -2.11. The lowest BCUT2D eigenvalue weighted by Crippen LogP contribution is -2.27. The minimum Gasteiger partial charge on any atom is -0.469 e. The number of hydrogen-bond donors (Lipinski definition) is 1. The fourth-order valence-corrected chi connectivity index (χ4v) is 3.90. The van der Waals surface area contributed by atoms with E-state index in [1.807, 2.05) is 7.05 Å². The van der Waals surface area contributed by atoms with Crippen molar-refractivity contribution in [1.29, 1.82) is 0 Å². The Morgan fingerprint density at radius 3 is 2.54 bits per heavy atom. The maximum absolute atomic E-state index is 11.3. The molecule has 1 aromatic rings. The third kappa shape index (κ3) is 5.94. The lowest BCUT2D eigenvalue weighted by Gasteiger charge is -2.27. The third-order valence-electron chi connectivity index (χ3n) is 5.70. The van der Waals surface area contributed by atoms with Crippen molar-refractivity contribution in [2.75, 3.05) is 27.2 Å². The number of carbonyl (C=O) groups excluding carboxylic acids is 1. The molecule has 28 heavy (non-hydrogen) atoms. The minimum atomic E-state index is -0.161. The summed E-state index contributed by atoms with van der Waals surface area (Å²) in [6.07, 6.45) is 4.51. The number of aryl methyl sites for hydroxylation is 1. The van der Waals surface area contributed by atoms with Crippen LogP contribution in [-0.4, -0.2) is 43.1 Å². The van der Waals surface area contributed by atoms with Crippen LogP contribution >= 0.6 is 0 Å². The van der Waals surface area contributed by atoms with Crippen molar-refractivity contribution in [2.45, 2.75) is 52.0 Å². The van der Waals surface area contributed by atoms with Gasteiger partial charge in [-0.15, -0.1) is 0 Å². The maximum Gasteiger partial charge on any atom is 0.305 e. The molecule has 1 fully saturated rings. The third-order valence-corrected chi connectivity index (χ3v) is 5.70. The number of methoxy groups -OCH3 is 1. The van der Waals surface area contributed by atoms with Crippen LogP contribution in [0.15, 0.2) is 47.7 Å². The van der Waals surface area contributed by atoms with E-state index in [-0.39, 0.29) is 5.97 Å². The zero-order valence-electron chi connectivity index (χ0n) is 17.8. The molecule has 0 spiro atoms. The molecule has 1 unspecified atom stereocenters. The predicted octanol–water partition coefficient (Wildman–Crippen LogP) is 3.97. The smallest absolute Gasteiger partial charge is 0.305 e. The summed E-state index contributed by atoms with van der Waals surface area (Å²) < 4.78 is 4.72. The summed E-state index contributed by atoms with van der Waals surface area (Å²) in [6, 6.07) is 9.16. The minimum absolute atomic E-state index is 0.161. The Balaban J connectivity index is 2.01. The molecular formula is C23H35N3O2. The first-order valence-electron chi connectivity index (χ1n) is 10.1. The second kappa shape index (κ2) is 10.4. The number of nitrogens with two attached hydrogens (primary N) is 1. The average Bonchev–Trinajstić information content (AvgIpc) is 3.14. The van der Waals surface area contributed by atoms with Crippen LogP contribution in [0.4, 0.5) is 0 Å². The van der Waals surface area contributed by atoms with Gasteiger partial charge in [-0.3, -0.25) is 9.69 Å². The molecule has 0 bridgehead atoms. The number of likely N-dealkylation sites (tertiary alicyclic amines) is 1. The molecule has 1 heterocycles. The normalized spacial score (nSPS) is 18.0. The highest BCUT2D eigenvalue weighted by Crippen LogP contribution is 2.33. The van der Waals surface area contributed by atoms with Crippen molar-refractivity contribution in [1.82, 2.24) is 9.91 Å². The van der Waals surface area contributed by atoms with Crippen LogP contribution in [-0.2, 0) is 16.0 Å². The topological polar surface area (TPSA) is 58.8 Å². The number of hydrogen-bond acceptors (Lipinski definition) is 5. The molecule has 5 heteroatoms. The van der Waals surface area contributed by atoms with Gasteiger partial charge in [-0.1, -0.05) is 36.4 Å². The maximum atomic E-state index is 11.3. The summed E-state index contributed by atoms with van der Waals surface area (Å²) >= 11 is 0. The van der Waals surface area contributed by atoms with Crippen LogP contribution in [0.25, 0.3) is 0 Å². The zero-order valence-corrected chi connectivity index (χ0v) is 17.8. The molecule has 2 rings (SSSR count). The largest absolute Gasteiger partial charge is 0.469 e. The lowest BCUT2D eigenvalue weighted by atomic mass is 9.99. The van der Waals surface area contributed by atoms with Crippen molar-refractivity contribution in [3.8, 4) is 0 Å². The van der Waals surface area contributed by atoms with Gasteiger partial charge in [0.05, 0.1) is 7.11 Å². The first kappa shape index (κ1) is 22.2. The van der Waals surface area contributed by atoms with Gasteiger partial charge in [-0.05, 0) is 62.8 Å². The second-order valence-corrected chi connectivity index (χ2v) is 7.72. The molecular weight excluding hydrogens is 350 g/mol. The molecule has 1 saturated heterocycles. The van der Waals surface area contributed by atoms with Gasteiger partial charge in [0.15, 0.2) is 0 Å². The fraction of sp³-hybridized carbons (Fsp3) is 0.522. The highest BCUT2D eigenvalue weighted by Gasteiger charge is 2.26. The van der Waals surface area contributed by atoms with E-state index in [0.29, 0.717) is 12.5 Å². The van der Waals surface area contributed by atoms with Gasteiger partial charge in [0, 0.05) is 31.8 Å². The number of carbonyl (C=O) groups is 1. The first-order valence-corrected chi connectivity index (χ1v) is 10.1. The van der Waals surface area contributed by atoms with E-state index in [4.69, 9.17) is 10.6 Å². The van der Waals surface area contributed by atoms with E-state index in [1.54, 1.807) is 5.01 Å². The van der Waals surface area contributed by atoms with E-state index in [9.17, 15) is 4.79 Å². The van der Waals surface area contributed by atoms with E-state index < -0.39 is 0 Å². The van der Waals surface area contributed by atoms with Gasteiger partial charge < -0.3 is 9.75 Å². The van der Waals surface area contributed by atoms with Crippen LogP contribution < -0.4 is 5.84 Å². The number of nitrogens with zero attached hydrogens (tertiary/aromatic N) is 2. The van der Waals surface area contributed by atoms with Crippen molar-refractivity contribution >= 4 is 5.97 Å². The molecule has 154 valence electrons. The molecule has 0 aromatic heterocycles. The van der Waals surface area contributed by atoms with Crippen LogP contribution in [0.3, 0.4) is 0 Å². The summed E-state index contributed by atoms with van der Waals surface area (Å²) in [4.78, 5) is 13.9. The lowest BCUT2D eigenvalue weighted by molar-refractivity contribution is -0.140. The number of hydrazine groups is 1. The average molecular weight is 386 g/mol. The van der Waals surface area contributed by atoms with Crippen molar-refractivity contribution < 1.29 is 9.53 Å². The van der Waals surface area contributed by atoms with Gasteiger partial charge >= 0.3 is 5.97 Å². The first-order chi connectivity index (χ1) is 13.3. The second-order valence-electron chi connectivity index (χ2n) is 7.72. The Kier molecular flexibility index (Phi) is 8.27. The molecule has 1 aliphatic heterocycles. The number of esters is 1. The molecule has 1 aromatic carbocycles. The molecule has 1 aliphatic rings. The molecule has 5 nitrogen and oxygen atoms in total. The van der Waals surface area contributed by atoms with Gasteiger partial charge in [-0.2, -0.15) is 0 Å². The summed E-state index contributed by atoms with van der Waals surface area (Å²) in [5, 5.41) is 1.68. The predicted molar refractivity (Wildman–Crippen MR) is 114 cm³/mol. The highest BCUT2D eigenvalue weighted by molar-refractivity contribution is 5.69. The molecule has 2 N–H and O–H groups in total. The summed E-state index contributed by atoms with van der Waals surface area (Å²) in [5.41, 5.74) is 5.94. The van der Waals surface area contributed by atoms with Gasteiger partial charge in [0.25, 0.3) is 0 Å². The standard InChI is InChI=1S/C23H35N3O2/c1-17(2)21(18(3)25(4)24)14-16-26-15-6-7-22(26)20-11-8-19(9-12-20)10-13-23(27)28-5/h8-9,11-12,22H,1,6-7,10,13-16,24H2,2-5H3/b21-18-. The van der Waals surface area contributed by atoms with Gasteiger partial charge in [0.1, 0.15) is 0 Å². The monoisotopic (exact) mass is 385 g/mol. The number of benzene rings is 1. The van der Waals surface area contributed by atoms with E-state index in [1.165, 1.54) is 36.7 Å². The summed E-state index contributed by atoms with van der Waals surface area (Å²) in [6.45, 7) is 10.4. The SMILES string of the molecule is C=C(C)/C(CCN1CCCC1c1ccc(CCC(=O)OC)cc1)=C(/C)N(C)N. The summed E-state index contributed by atoms with van der Waals surface area (Å²) in [7, 11) is 3.31. The Bertz CT molecular complexity index is 707. The Morgan fingerprint density at radius 2 is 1.96 bits per heavy atom. The van der Waals surface area contributed by atoms with Crippen molar-refractivity contribution in [3.05, 3.63) is 58.8 Å². The van der Waals surface area contributed by atoms with Crippen LogP contribution in [0, 0.1) is 0 Å². The molecule has 0 saturated carbocycles. The van der Waals surface area contributed by atoms with E-state index in [2.05, 4.69) is 49.6 Å². The van der Waals surface area contributed by atoms with Crippen molar-refractivity contribution in [3.63, 3.8) is 0 Å². The summed E-state index contributed by atoms with van der Waals surface area (Å²) in [5.74, 6) is 5.77. The molecule has 0 aliphatic carbocycles. The number of ether oxygens (including phenoxy) is 1. The quantitative estimate of drug-likeness (QED) is 0.302. The van der Waals surface area contributed by atoms with Crippen LogP contribution in [0.2, 0.25) is 0 Å². The van der Waals surface area contributed by atoms with Crippen LogP contribution in [0.5, 0.6) is 0 Å². The number of rotatable bonds is 9. The number of allylic oxidation sites excluding steroid dienone is 2. The van der Waals surface area contributed by atoms with Gasteiger partial charge in [-0.25, -0.2) is 5.84 Å². The van der Waals surface area contributed by atoms with E-state index in [0.717, 1.165) is 37.2 Å². The molecule has 1 atom stereocenters. The fourth-order valence-electron chi connectivity index (χ4n) is 3.90. The highest BCUT2D eigenvalue weighted by atomic mass is 16.5. The van der Waals surface area contributed by atoms with Gasteiger partial charge in [0.2, 0.25) is 0 Å². The molecule has 0 radical (unpaired) electrons. The molecule has 0 amide bonds. The van der Waals surface area contributed by atoms with E-state index >= 15 is 0 Å². The van der Waals surface area contributed by atoms with Crippen molar-refractivity contribution in [2.24, 2.45) is 5.84 Å².